The summed E-state index contributed by atoms with van der Waals surface area (Å²) >= 11 is 0. The largest absolute Gasteiger partial charge is 0.462 e. The zero-order valence-electron chi connectivity index (χ0n) is 54.4. The molecule has 6 nitrogen and oxygen atoms in total. The van der Waals surface area contributed by atoms with Gasteiger partial charge >= 0.3 is 17.9 Å². The SMILES string of the molecule is CCCCCC/C=C\C/C=C\CCCCCCCC(=O)OC(COC(=O)CCCCCCCCCCCCCCCC)COC(=O)CCCCCCCCCCCCCCCCCCCCCCCCCCCCCCCCCC. The molecule has 0 aliphatic heterocycles. The number of hydrogen-bond donors (Lipinski definition) is 0. The molecule has 80 heavy (non-hydrogen) atoms. The number of allylic oxidation sites excluding steroid dienone is 4. The first-order chi connectivity index (χ1) is 39.5. The molecule has 0 fully saturated rings. The van der Waals surface area contributed by atoms with Crippen molar-refractivity contribution in [3.63, 3.8) is 0 Å². The molecule has 0 aliphatic carbocycles. The Balaban J connectivity index is 4.11. The van der Waals surface area contributed by atoms with Crippen LogP contribution in [0.25, 0.3) is 0 Å². The van der Waals surface area contributed by atoms with Crippen molar-refractivity contribution in [1.29, 1.82) is 0 Å². The van der Waals surface area contributed by atoms with Gasteiger partial charge in [-0.15, -0.1) is 0 Å². The highest BCUT2D eigenvalue weighted by atomic mass is 16.6. The molecule has 0 aliphatic rings. The Kier molecular flexibility index (Phi) is 67.6. The Bertz CT molecular complexity index is 1290. The normalized spacial score (nSPS) is 12.1. The lowest BCUT2D eigenvalue weighted by Crippen LogP contribution is -2.30. The molecule has 1 atom stereocenters. The molecule has 0 rings (SSSR count). The molecule has 1 unspecified atom stereocenters. The van der Waals surface area contributed by atoms with E-state index < -0.39 is 6.10 Å². The Morgan fingerprint density at radius 2 is 0.450 bits per heavy atom. The highest BCUT2D eigenvalue weighted by Crippen LogP contribution is 2.19. The summed E-state index contributed by atoms with van der Waals surface area (Å²) < 4.78 is 17.0. The van der Waals surface area contributed by atoms with Gasteiger partial charge in [-0.25, -0.2) is 0 Å². The highest BCUT2D eigenvalue weighted by molar-refractivity contribution is 5.71. The van der Waals surface area contributed by atoms with E-state index in [9.17, 15) is 14.4 Å². The maximum Gasteiger partial charge on any atom is 0.306 e. The van der Waals surface area contributed by atoms with E-state index in [1.165, 1.54) is 295 Å². The van der Waals surface area contributed by atoms with Crippen molar-refractivity contribution < 1.29 is 28.6 Å². The summed E-state index contributed by atoms with van der Waals surface area (Å²) in [6.07, 6.45) is 85.2. The van der Waals surface area contributed by atoms with Crippen LogP contribution in [-0.4, -0.2) is 37.2 Å². The lowest BCUT2D eigenvalue weighted by Gasteiger charge is -2.18. The quantitative estimate of drug-likeness (QED) is 0.0261. The minimum Gasteiger partial charge on any atom is -0.462 e. The molecule has 0 heterocycles. The first kappa shape index (κ1) is 77.9. The van der Waals surface area contributed by atoms with E-state index in [0.717, 1.165) is 77.0 Å². The second kappa shape index (κ2) is 69.4. The van der Waals surface area contributed by atoms with Crippen molar-refractivity contribution in [3.05, 3.63) is 24.3 Å². The van der Waals surface area contributed by atoms with E-state index in [-0.39, 0.29) is 31.1 Å². The predicted molar refractivity (Wildman–Crippen MR) is 349 cm³/mol. The summed E-state index contributed by atoms with van der Waals surface area (Å²) in [4.78, 5) is 38.4. The fourth-order valence-electron chi connectivity index (χ4n) is 11.2. The predicted octanol–water partition coefficient (Wildman–Crippen LogP) is 25.0. The van der Waals surface area contributed by atoms with Gasteiger partial charge in [0.25, 0.3) is 0 Å². The van der Waals surface area contributed by atoms with Gasteiger partial charge in [0.2, 0.25) is 0 Å². The second-order valence-corrected chi connectivity index (χ2v) is 24.9. The summed E-state index contributed by atoms with van der Waals surface area (Å²) in [5, 5.41) is 0. The molecule has 0 spiro atoms. The summed E-state index contributed by atoms with van der Waals surface area (Å²) in [6.45, 7) is 6.69. The van der Waals surface area contributed by atoms with Crippen molar-refractivity contribution in [3.8, 4) is 0 Å². The molecule has 0 aromatic carbocycles. The maximum atomic E-state index is 12.9. The Labute approximate surface area is 500 Å². The van der Waals surface area contributed by atoms with Gasteiger partial charge in [0.15, 0.2) is 6.10 Å². The standard InChI is InChI=1S/C74H140O6/c1-4-7-10-13-16-19-22-25-28-30-31-32-33-34-35-36-37-38-39-40-41-42-43-44-45-47-49-52-55-58-61-64-67-73(76)79-70-71(69-78-72(75)66-63-60-57-54-51-48-27-24-21-18-15-12-9-6-3)80-74(77)68-65-62-59-56-53-50-46-29-26-23-20-17-14-11-8-5-2/h20,23,29,46,71H,4-19,21-22,24-28,30-45,47-70H2,1-3H3/b23-20-,46-29-. The molecule has 0 aromatic rings. The van der Waals surface area contributed by atoms with Crippen LogP contribution in [0.5, 0.6) is 0 Å². The molecule has 0 radical (unpaired) electrons. The van der Waals surface area contributed by atoms with Gasteiger partial charge in [-0.3, -0.25) is 14.4 Å². The molecule has 6 heteroatoms. The molecular weight excluding hydrogens is 985 g/mol. The second-order valence-electron chi connectivity index (χ2n) is 24.9. The lowest BCUT2D eigenvalue weighted by atomic mass is 10.0. The molecule has 0 bridgehead atoms. The number of rotatable bonds is 68. The van der Waals surface area contributed by atoms with Gasteiger partial charge in [0.1, 0.15) is 13.2 Å². The third-order valence-electron chi connectivity index (χ3n) is 16.7. The van der Waals surface area contributed by atoms with E-state index >= 15 is 0 Å². The smallest absolute Gasteiger partial charge is 0.306 e. The van der Waals surface area contributed by atoms with Crippen molar-refractivity contribution in [2.75, 3.05) is 13.2 Å². The van der Waals surface area contributed by atoms with Crippen molar-refractivity contribution >= 4 is 17.9 Å². The summed E-state index contributed by atoms with van der Waals surface area (Å²) in [5.74, 6) is -0.854. The van der Waals surface area contributed by atoms with Crippen LogP contribution in [0.3, 0.4) is 0 Å². The molecule has 472 valence electrons. The van der Waals surface area contributed by atoms with Crippen LogP contribution in [0, 0.1) is 0 Å². The zero-order chi connectivity index (χ0) is 57.8. The summed E-state index contributed by atoms with van der Waals surface area (Å²) in [5.41, 5.74) is 0. The van der Waals surface area contributed by atoms with E-state index in [1.54, 1.807) is 0 Å². The van der Waals surface area contributed by atoms with Crippen LogP contribution in [0.4, 0.5) is 0 Å². The van der Waals surface area contributed by atoms with Gasteiger partial charge in [-0.2, -0.15) is 0 Å². The van der Waals surface area contributed by atoms with E-state index in [1.807, 2.05) is 0 Å². The van der Waals surface area contributed by atoms with Crippen LogP contribution in [0.15, 0.2) is 24.3 Å². The van der Waals surface area contributed by atoms with Crippen LogP contribution in [-0.2, 0) is 28.6 Å². The van der Waals surface area contributed by atoms with Crippen molar-refractivity contribution in [1.82, 2.24) is 0 Å². The fourth-order valence-corrected chi connectivity index (χ4v) is 11.2. The topological polar surface area (TPSA) is 78.9 Å². The van der Waals surface area contributed by atoms with E-state index in [4.69, 9.17) is 14.2 Å². The van der Waals surface area contributed by atoms with Crippen LogP contribution >= 0.6 is 0 Å². The van der Waals surface area contributed by atoms with Crippen LogP contribution in [0.1, 0.15) is 412 Å². The fraction of sp³-hybridized carbons (Fsp3) is 0.905. The highest BCUT2D eigenvalue weighted by Gasteiger charge is 2.19. The number of unbranched alkanes of at least 4 members (excludes halogenated alkanes) is 53. The minimum atomic E-state index is -0.775. The number of esters is 3. The Morgan fingerprint density at radius 3 is 0.700 bits per heavy atom. The summed E-state index contributed by atoms with van der Waals surface area (Å²) in [7, 11) is 0. The third kappa shape index (κ3) is 66.7. The zero-order valence-corrected chi connectivity index (χ0v) is 54.4. The average molecular weight is 1130 g/mol. The van der Waals surface area contributed by atoms with Crippen LogP contribution in [0.2, 0.25) is 0 Å². The Hall–Kier alpha value is -2.11. The molecule has 0 N–H and O–H groups in total. The lowest BCUT2D eigenvalue weighted by molar-refractivity contribution is -0.167. The first-order valence-corrected chi connectivity index (χ1v) is 36.3. The van der Waals surface area contributed by atoms with Gasteiger partial charge in [-0.05, 0) is 51.4 Å². The van der Waals surface area contributed by atoms with Gasteiger partial charge in [0.05, 0.1) is 0 Å². The third-order valence-corrected chi connectivity index (χ3v) is 16.7. The van der Waals surface area contributed by atoms with E-state index in [2.05, 4.69) is 45.1 Å². The molecule has 0 saturated carbocycles. The number of carbonyl (C=O) groups excluding carboxylic acids is 3. The molecule has 0 saturated heterocycles. The molecular formula is C74H140O6. The van der Waals surface area contributed by atoms with Gasteiger partial charge < -0.3 is 14.2 Å². The van der Waals surface area contributed by atoms with Gasteiger partial charge in [0, 0.05) is 19.3 Å². The maximum absolute atomic E-state index is 12.9. The average Bonchev–Trinajstić information content (AvgIpc) is 3.46. The monoisotopic (exact) mass is 1130 g/mol. The first-order valence-electron chi connectivity index (χ1n) is 36.3. The summed E-state index contributed by atoms with van der Waals surface area (Å²) in [6, 6.07) is 0. The van der Waals surface area contributed by atoms with Crippen molar-refractivity contribution in [2.24, 2.45) is 0 Å². The number of carbonyl (C=O) groups is 3. The molecule has 0 aromatic heterocycles. The number of hydrogen-bond acceptors (Lipinski definition) is 6. The minimum absolute atomic E-state index is 0.0708. The molecule has 0 amide bonds. The Morgan fingerprint density at radius 1 is 0.250 bits per heavy atom. The van der Waals surface area contributed by atoms with Crippen molar-refractivity contribution in [2.45, 2.75) is 419 Å². The van der Waals surface area contributed by atoms with Gasteiger partial charge in [-0.1, -0.05) is 366 Å². The van der Waals surface area contributed by atoms with E-state index in [0.29, 0.717) is 19.3 Å². The number of ether oxygens (including phenoxy) is 3. The van der Waals surface area contributed by atoms with Crippen LogP contribution < -0.4 is 0 Å².